The number of carbonyl (C=O) groups is 2. The smallest absolute Gasteiger partial charge is 0.252 e. The Morgan fingerprint density at radius 3 is 2.66 bits per heavy atom. The minimum Gasteiger partial charge on any atom is -0.507 e. The monoisotopic (exact) mass is 450 g/mol. The van der Waals surface area contributed by atoms with Crippen LogP contribution in [0.4, 0.5) is 5.82 Å². The second-order valence-electron chi connectivity index (χ2n) is 7.81. The number of hydrogen-bond acceptors (Lipinski definition) is 5. The molecule has 0 saturated carbocycles. The van der Waals surface area contributed by atoms with Crippen molar-refractivity contribution in [3.63, 3.8) is 0 Å². The fourth-order valence-corrected chi connectivity index (χ4v) is 4.19. The maximum absolute atomic E-state index is 11.7. The number of aromatic hydroxyl groups is 1. The fourth-order valence-electron chi connectivity index (χ4n) is 3.94. The highest BCUT2D eigenvalue weighted by Crippen LogP contribution is 2.35. The molecule has 1 unspecified atom stereocenters. The molecule has 7 nitrogen and oxygen atoms in total. The average molecular weight is 451 g/mol. The summed E-state index contributed by atoms with van der Waals surface area (Å²) in [7, 11) is 0. The van der Waals surface area contributed by atoms with Crippen LogP contribution in [-0.4, -0.2) is 41.0 Å². The first kappa shape index (κ1) is 21.6. The van der Waals surface area contributed by atoms with Crippen LogP contribution in [0.2, 0.25) is 5.02 Å². The highest BCUT2D eigenvalue weighted by molar-refractivity contribution is 6.33. The van der Waals surface area contributed by atoms with Crippen molar-refractivity contribution < 1.29 is 14.7 Å². The Morgan fingerprint density at radius 2 is 1.94 bits per heavy atom. The Balaban J connectivity index is 1.80. The molecular weight excluding hydrogens is 428 g/mol. The largest absolute Gasteiger partial charge is 0.507 e. The average Bonchev–Trinajstić information content (AvgIpc) is 3.21. The Kier molecular flexibility index (Phi) is 6.01. The summed E-state index contributed by atoms with van der Waals surface area (Å²) in [6.07, 6.45) is 0.817. The van der Waals surface area contributed by atoms with Crippen LogP contribution in [0.1, 0.15) is 23.7 Å². The van der Waals surface area contributed by atoms with Crippen molar-refractivity contribution in [2.75, 3.05) is 18.0 Å². The molecule has 0 aliphatic carbocycles. The number of carbonyl (C=O) groups excluding carboxylic acids is 2. The number of nitrogens with zero attached hydrogens (tertiary/aromatic N) is 2. The zero-order valence-corrected chi connectivity index (χ0v) is 18.3. The molecule has 4 N–H and O–H groups in total. The van der Waals surface area contributed by atoms with Crippen LogP contribution < -0.4 is 16.0 Å². The lowest BCUT2D eigenvalue weighted by atomic mass is 10.0. The lowest BCUT2D eigenvalue weighted by Crippen LogP contribution is -2.35. The van der Waals surface area contributed by atoms with Gasteiger partial charge in [0, 0.05) is 42.2 Å². The first-order valence-electron chi connectivity index (χ1n) is 10.2. The van der Waals surface area contributed by atoms with Gasteiger partial charge < -0.3 is 21.1 Å². The molecule has 2 aromatic carbocycles. The normalized spacial score (nSPS) is 15.6. The molecule has 1 aliphatic rings. The molecule has 0 radical (unpaired) electrons. The summed E-state index contributed by atoms with van der Waals surface area (Å²) in [6, 6.07) is 16.1. The lowest BCUT2D eigenvalue weighted by Gasteiger charge is -2.20. The third-order valence-corrected chi connectivity index (χ3v) is 5.80. The van der Waals surface area contributed by atoms with Gasteiger partial charge in [0.2, 0.25) is 5.91 Å². The van der Waals surface area contributed by atoms with Crippen molar-refractivity contribution in [2.24, 2.45) is 5.73 Å². The Hall–Kier alpha value is -3.58. The van der Waals surface area contributed by atoms with Gasteiger partial charge in [-0.05, 0) is 48.4 Å². The SMILES string of the molecule is CC(=O)NC1CCN(c2cc(-c3ccccc3Cl)cc(-c3ccc(O)c(C(N)=O)c3)n2)C1. The van der Waals surface area contributed by atoms with E-state index in [0.717, 1.165) is 29.9 Å². The molecule has 0 spiro atoms. The van der Waals surface area contributed by atoms with Crippen molar-refractivity contribution in [1.29, 1.82) is 0 Å². The standard InChI is InChI=1S/C24H23ClN4O3/c1-14(30)27-17-8-9-29(13-17)23-12-16(18-4-2-3-5-20(18)25)11-21(28-23)15-6-7-22(31)19(10-15)24(26)32/h2-7,10-12,17,31H,8-9,13H2,1H3,(H2,26,32)(H,27,30). The van der Waals surface area contributed by atoms with Crippen LogP contribution in [0, 0.1) is 0 Å². The number of halogens is 1. The van der Waals surface area contributed by atoms with Gasteiger partial charge in [0.15, 0.2) is 0 Å². The highest BCUT2D eigenvalue weighted by atomic mass is 35.5. The number of hydrogen-bond donors (Lipinski definition) is 3. The first-order chi connectivity index (χ1) is 15.3. The van der Waals surface area contributed by atoms with Gasteiger partial charge in [-0.3, -0.25) is 9.59 Å². The summed E-state index contributed by atoms with van der Waals surface area (Å²) in [4.78, 5) is 30.1. The van der Waals surface area contributed by atoms with E-state index in [4.69, 9.17) is 22.3 Å². The number of primary amides is 1. The quantitative estimate of drug-likeness (QED) is 0.550. The van der Waals surface area contributed by atoms with Crippen molar-refractivity contribution in [3.05, 3.63) is 65.2 Å². The molecule has 4 rings (SSSR count). The number of aromatic nitrogens is 1. The summed E-state index contributed by atoms with van der Waals surface area (Å²) in [5.74, 6) is -0.219. The van der Waals surface area contributed by atoms with Crippen molar-refractivity contribution in [3.8, 4) is 28.1 Å². The maximum atomic E-state index is 11.7. The number of pyridine rings is 1. The third kappa shape index (κ3) is 4.53. The summed E-state index contributed by atoms with van der Waals surface area (Å²) in [5, 5.41) is 13.5. The van der Waals surface area contributed by atoms with E-state index >= 15 is 0 Å². The molecule has 3 aromatic rings. The number of anilines is 1. The van der Waals surface area contributed by atoms with Crippen molar-refractivity contribution >= 4 is 29.2 Å². The van der Waals surface area contributed by atoms with E-state index < -0.39 is 5.91 Å². The minimum absolute atomic E-state index is 0.0286. The van der Waals surface area contributed by atoms with Gasteiger partial charge in [0.1, 0.15) is 11.6 Å². The molecule has 1 aliphatic heterocycles. The van der Waals surface area contributed by atoms with Gasteiger partial charge in [-0.2, -0.15) is 0 Å². The van der Waals surface area contributed by atoms with Gasteiger partial charge in [-0.25, -0.2) is 4.98 Å². The molecule has 8 heteroatoms. The molecule has 2 heterocycles. The first-order valence-corrected chi connectivity index (χ1v) is 10.6. The van der Waals surface area contributed by atoms with Gasteiger partial charge in [0.05, 0.1) is 11.3 Å². The molecule has 1 saturated heterocycles. The van der Waals surface area contributed by atoms with Crippen LogP contribution in [0.3, 0.4) is 0 Å². The van der Waals surface area contributed by atoms with E-state index in [0.29, 0.717) is 22.8 Å². The lowest BCUT2D eigenvalue weighted by molar-refractivity contribution is -0.119. The molecular formula is C24H23ClN4O3. The maximum Gasteiger partial charge on any atom is 0.252 e. The predicted molar refractivity (Wildman–Crippen MR) is 125 cm³/mol. The third-order valence-electron chi connectivity index (χ3n) is 5.47. The van der Waals surface area contributed by atoms with E-state index in [1.807, 2.05) is 36.4 Å². The Bertz CT molecular complexity index is 1200. The number of phenols is 1. The van der Waals surface area contributed by atoms with E-state index in [-0.39, 0.29) is 23.3 Å². The van der Waals surface area contributed by atoms with Crippen LogP contribution in [-0.2, 0) is 4.79 Å². The summed E-state index contributed by atoms with van der Waals surface area (Å²) in [6.45, 7) is 2.89. The molecule has 1 fully saturated rings. The molecule has 1 atom stereocenters. The zero-order chi connectivity index (χ0) is 22.8. The number of nitrogens with one attached hydrogen (secondary N) is 1. The minimum atomic E-state index is -0.718. The molecule has 164 valence electrons. The summed E-state index contributed by atoms with van der Waals surface area (Å²) >= 11 is 6.46. The van der Waals surface area contributed by atoms with Gasteiger partial charge in [-0.1, -0.05) is 29.8 Å². The highest BCUT2D eigenvalue weighted by Gasteiger charge is 2.25. The molecule has 2 amide bonds. The van der Waals surface area contributed by atoms with Gasteiger partial charge in [-0.15, -0.1) is 0 Å². The predicted octanol–water partition coefficient (Wildman–Crippen LogP) is 3.59. The number of benzene rings is 2. The van der Waals surface area contributed by atoms with E-state index in [1.54, 1.807) is 6.07 Å². The number of nitrogens with two attached hydrogens (primary N) is 1. The van der Waals surface area contributed by atoms with E-state index in [2.05, 4.69) is 10.2 Å². The summed E-state index contributed by atoms with van der Waals surface area (Å²) < 4.78 is 0. The van der Waals surface area contributed by atoms with Crippen molar-refractivity contribution in [2.45, 2.75) is 19.4 Å². The van der Waals surface area contributed by atoms with Crippen LogP contribution in [0.25, 0.3) is 22.4 Å². The second kappa shape index (κ2) is 8.88. The summed E-state index contributed by atoms with van der Waals surface area (Å²) in [5.41, 5.74) is 8.41. The molecule has 0 bridgehead atoms. The Labute approximate surface area is 190 Å². The van der Waals surface area contributed by atoms with Gasteiger partial charge in [0.25, 0.3) is 5.91 Å². The number of rotatable bonds is 5. The second-order valence-corrected chi connectivity index (χ2v) is 8.21. The van der Waals surface area contributed by atoms with Crippen LogP contribution in [0.5, 0.6) is 5.75 Å². The van der Waals surface area contributed by atoms with Gasteiger partial charge >= 0.3 is 0 Å². The fraction of sp³-hybridized carbons (Fsp3) is 0.208. The molecule has 1 aromatic heterocycles. The van der Waals surface area contributed by atoms with E-state index in [9.17, 15) is 14.7 Å². The number of amides is 2. The topological polar surface area (TPSA) is 109 Å². The van der Waals surface area contributed by atoms with Crippen LogP contribution in [0.15, 0.2) is 54.6 Å². The molecule has 32 heavy (non-hydrogen) atoms. The van der Waals surface area contributed by atoms with Crippen LogP contribution >= 0.6 is 11.6 Å². The van der Waals surface area contributed by atoms with E-state index in [1.165, 1.54) is 19.1 Å². The zero-order valence-electron chi connectivity index (χ0n) is 17.5. The van der Waals surface area contributed by atoms with Crippen molar-refractivity contribution in [1.82, 2.24) is 10.3 Å². The Morgan fingerprint density at radius 1 is 1.16 bits per heavy atom.